The van der Waals surface area contributed by atoms with Crippen LogP contribution >= 0.6 is 0 Å². The van der Waals surface area contributed by atoms with Gasteiger partial charge in [0.15, 0.2) is 5.78 Å². The van der Waals surface area contributed by atoms with Gasteiger partial charge in [-0.1, -0.05) is 29.8 Å². The minimum absolute atomic E-state index is 0.0650. The summed E-state index contributed by atoms with van der Waals surface area (Å²) in [5.41, 5.74) is 3.61. The second-order valence-electron chi connectivity index (χ2n) is 6.29. The Balaban J connectivity index is 1.90. The van der Waals surface area contributed by atoms with Gasteiger partial charge >= 0.3 is 0 Å². The van der Waals surface area contributed by atoms with Gasteiger partial charge in [0, 0.05) is 24.1 Å². The van der Waals surface area contributed by atoms with Crippen LogP contribution in [0.5, 0.6) is 0 Å². The van der Waals surface area contributed by atoms with Gasteiger partial charge in [-0.25, -0.2) is 13.6 Å². The molecule has 2 aromatic carbocycles. The Kier molecular flexibility index (Phi) is 6.28. The number of Topliss-reactive ketones (excluding diaryl/α,β-unsaturated/α-hetero) is 1. The molecular formula is C19H22N2O4S. The van der Waals surface area contributed by atoms with E-state index in [4.69, 9.17) is 5.14 Å². The Morgan fingerprint density at radius 3 is 2.27 bits per heavy atom. The zero-order valence-electron chi connectivity index (χ0n) is 14.8. The largest absolute Gasteiger partial charge is 0.326 e. The van der Waals surface area contributed by atoms with Crippen molar-refractivity contribution in [2.75, 3.05) is 5.32 Å². The number of sulfonamides is 1. The molecule has 3 N–H and O–H groups in total. The molecule has 0 atom stereocenters. The molecule has 0 unspecified atom stereocenters. The molecule has 0 aliphatic carbocycles. The van der Waals surface area contributed by atoms with Crippen molar-refractivity contribution < 1.29 is 18.0 Å². The number of hydrogen-bond donors (Lipinski definition) is 2. The third-order valence-corrected chi connectivity index (χ3v) is 4.61. The van der Waals surface area contributed by atoms with E-state index in [2.05, 4.69) is 5.32 Å². The van der Waals surface area contributed by atoms with Crippen molar-refractivity contribution in [1.82, 2.24) is 0 Å². The van der Waals surface area contributed by atoms with Crippen LogP contribution in [0.15, 0.2) is 42.5 Å². The Morgan fingerprint density at radius 1 is 1.00 bits per heavy atom. The Hall–Kier alpha value is -2.51. The monoisotopic (exact) mass is 374 g/mol. The smallest absolute Gasteiger partial charge is 0.224 e. The quantitative estimate of drug-likeness (QED) is 0.727. The van der Waals surface area contributed by atoms with Crippen molar-refractivity contribution in [1.29, 1.82) is 0 Å². The molecule has 0 aromatic heterocycles. The van der Waals surface area contributed by atoms with E-state index in [-0.39, 0.29) is 30.3 Å². The fraction of sp³-hybridized carbons (Fsp3) is 0.263. The Bertz CT molecular complexity index is 919. The second kappa shape index (κ2) is 8.25. The molecule has 1 amide bonds. The van der Waals surface area contributed by atoms with Gasteiger partial charge in [0.1, 0.15) is 0 Å². The number of nitrogens with one attached hydrogen (secondary N) is 1. The molecule has 0 spiro atoms. The van der Waals surface area contributed by atoms with Crippen LogP contribution in [-0.4, -0.2) is 20.1 Å². The summed E-state index contributed by atoms with van der Waals surface area (Å²) in [5, 5.41) is 7.69. The highest BCUT2D eigenvalue weighted by Gasteiger charge is 2.12. The van der Waals surface area contributed by atoms with Gasteiger partial charge in [0.2, 0.25) is 15.9 Å². The van der Waals surface area contributed by atoms with E-state index in [9.17, 15) is 18.0 Å². The molecule has 26 heavy (non-hydrogen) atoms. The van der Waals surface area contributed by atoms with Crippen LogP contribution in [0.25, 0.3) is 0 Å². The molecule has 0 fully saturated rings. The van der Waals surface area contributed by atoms with Gasteiger partial charge in [-0.2, -0.15) is 0 Å². The first-order valence-corrected chi connectivity index (χ1v) is 9.85. The Morgan fingerprint density at radius 2 is 1.65 bits per heavy atom. The molecule has 0 aliphatic heterocycles. The maximum absolute atomic E-state index is 12.3. The first-order valence-electron chi connectivity index (χ1n) is 8.14. The average Bonchev–Trinajstić information content (AvgIpc) is 2.55. The van der Waals surface area contributed by atoms with Crippen molar-refractivity contribution in [2.45, 2.75) is 32.4 Å². The summed E-state index contributed by atoms with van der Waals surface area (Å²) in [7, 11) is -3.59. The summed E-state index contributed by atoms with van der Waals surface area (Å²) in [6, 6.07) is 12.0. The zero-order valence-corrected chi connectivity index (χ0v) is 15.6. The number of rotatable bonds is 7. The van der Waals surface area contributed by atoms with E-state index in [1.165, 1.54) is 0 Å². The van der Waals surface area contributed by atoms with Crippen LogP contribution < -0.4 is 10.5 Å². The van der Waals surface area contributed by atoms with Gasteiger partial charge in [-0.3, -0.25) is 9.59 Å². The van der Waals surface area contributed by atoms with E-state index in [0.717, 1.165) is 11.1 Å². The van der Waals surface area contributed by atoms with Crippen molar-refractivity contribution in [2.24, 2.45) is 5.14 Å². The maximum Gasteiger partial charge on any atom is 0.224 e. The average molecular weight is 374 g/mol. The number of benzene rings is 2. The minimum atomic E-state index is -3.59. The van der Waals surface area contributed by atoms with Crippen molar-refractivity contribution in [3.05, 3.63) is 64.7 Å². The number of amides is 1. The van der Waals surface area contributed by atoms with Gasteiger partial charge in [-0.05, 0) is 43.2 Å². The van der Waals surface area contributed by atoms with Gasteiger partial charge in [0.05, 0.1) is 5.75 Å². The van der Waals surface area contributed by atoms with Gasteiger partial charge < -0.3 is 5.32 Å². The molecule has 2 aromatic rings. The van der Waals surface area contributed by atoms with E-state index in [0.29, 0.717) is 16.8 Å². The molecule has 6 nitrogen and oxygen atoms in total. The highest BCUT2D eigenvalue weighted by molar-refractivity contribution is 7.88. The van der Waals surface area contributed by atoms with Crippen LogP contribution in [0.2, 0.25) is 0 Å². The molecular weight excluding hydrogens is 352 g/mol. The molecule has 0 saturated heterocycles. The normalized spacial score (nSPS) is 11.2. The molecule has 7 heteroatoms. The fourth-order valence-corrected chi connectivity index (χ4v) is 3.20. The number of nitrogens with two attached hydrogens (primary N) is 1. The first-order chi connectivity index (χ1) is 12.1. The minimum Gasteiger partial charge on any atom is -0.326 e. The van der Waals surface area contributed by atoms with E-state index in [1.54, 1.807) is 24.3 Å². The topological polar surface area (TPSA) is 106 Å². The van der Waals surface area contributed by atoms with Crippen LogP contribution in [-0.2, 0) is 20.6 Å². The number of primary sulfonamides is 1. The SMILES string of the molecule is Cc1ccc(C)c(C(=O)CCC(=O)Nc2ccc(CS(N)(=O)=O)cc2)c1. The number of anilines is 1. The lowest BCUT2D eigenvalue weighted by molar-refractivity contribution is -0.116. The third kappa shape index (κ3) is 6.09. The predicted octanol–water partition coefficient (Wildman–Crippen LogP) is 2.69. The predicted molar refractivity (Wildman–Crippen MR) is 101 cm³/mol. The molecule has 0 radical (unpaired) electrons. The molecule has 0 saturated carbocycles. The lowest BCUT2D eigenvalue weighted by Crippen LogP contribution is -2.15. The lowest BCUT2D eigenvalue weighted by Gasteiger charge is -2.08. The second-order valence-corrected chi connectivity index (χ2v) is 7.91. The summed E-state index contributed by atoms with van der Waals surface area (Å²) in [6.07, 6.45) is 0.199. The van der Waals surface area contributed by atoms with Crippen molar-refractivity contribution >= 4 is 27.4 Å². The van der Waals surface area contributed by atoms with Crippen LogP contribution in [0.4, 0.5) is 5.69 Å². The highest BCUT2D eigenvalue weighted by atomic mass is 32.2. The lowest BCUT2D eigenvalue weighted by atomic mass is 9.99. The van der Waals surface area contributed by atoms with Crippen LogP contribution in [0.3, 0.4) is 0 Å². The Labute approximate surface area is 153 Å². The van der Waals surface area contributed by atoms with E-state index < -0.39 is 10.0 Å². The maximum atomic E-state index is 12.3. The molecule has 0 aliphatic rings. The number of carbonyl (C=O) groups excluding carboxylic acids is 2. The number of ketones is 1. The summed E-state index contributed by atoms with van der Waals surface area (Å²) >= 11 is 0. The number of carbonyl (C=O) groups is 2. The van der Waals surface area contributed by atoms with Crippen molar-refractivity contribution in [3.63, 3.8) is 0 Å². The standard InChI is InChI=1S/C19H22N2O4S/c1-13-3-4-14(2)17(11-13)18(22)9-10-19(23)21-16-7-5-15(6-8-16)12-26(20,24)25/h3-8,11H,9-10,12H2,1-2H3,(H,21,23)(H2,20,24,25). The summed E-state index contributed by atoms with van der Waals surface area (Å²) in [4.78, 5) is 24.3. The molecule has 138 valence electrons. The summed E-state index contributed by atoms with van der Waals surface area (Å²) in [5.74, 6) is -0.598. The third-order valence-electron chi connectivity index (χ3n) is 3.88. The van der Waals surface area contributed by atoms with Crippen molar-refractivity contribution in [3.8, 4) is 0 Å². The molecule has 2 rings (SSSR count). The number of aryl methyl sites for hydroxylation is 2. The highest BCUT2D eigenvalue weighted by Crippen LogP contribution is 2.15. The van der Waals surface area contributed by atoms with E-state index >= 15 is 0 Å². The molecule has 0 heterocycles. The van der Waals surface area contributed by atoms with Crippen LogP contribution in [0, 0.1) is 13.8 Å². The first kappa shape index (κ1) is 19.8. The van der Waals surface area contributed by atoms with E-state index in [1.807, 2.05) is 32.0 Å². The summed E-state index contributed by atoms with van der Waals surface area (Å²) in [6.45, 7) is 3.79. The van der Waals surface area contributed by atoms with Crippen LogP contribution in [0.1, 0.15) is 39.9 Å². The fourth-order valence-electron chi connectivity index (χ4n) is 2.54. The number of hydrogen-bond acceptors (Lipinski definition) is 4. The van der Waals surface area contributed by atoms with Gasteiger partial charge in [0.25, 0.3) is 0 Å². The molecule has 0 bridgehead atoms. The van der Waals surface area contributed by atoms with Gasteiger partial charge in [-0.15, -0.1) is 0 Å². The summed E-state index contributed by atoms with van der Waals surface area (Å²) < 4.78 is 22.1. The zero-order chi connectivity index (χ0) is 19.3.